The van der Waals surface area contributed by atoms with Gasteiger partial charge >= 0.3 is 12.1 Å². The molecule has 0 radical (unpaired) electrons. The summed E-state index contributed by atoms with van der Waals surface area (Å²) in [5, 5.41) is 12.1. The van der Waals surface area contributed by atoms with Crippen molar-refractivity contribution in [2.24, 2.45) is 5.92 Å². The van der Waals surface area contributed by atoms with Crippen LogP contribution >= 0.6 is 0 Å². The second-order valence-corrected chi connectivity index (χ2v) is 4.59. The number of nitrogens with one attached hydrogen (secondary N) is 1. The van der Waals surface area contributed by atoms with Crippen LogP contribution in [0.25, 0.3) is 0 Å². The lowest BCUT2D eigenvalue weighted by molar-refractivity contribution is -0.141. The number of halogens is 3. The standard InChI is InChI=1S/C12H20F3NO3/c1-7(2)9(6-11(18)19-4)16-10(17)5-8(3)12(13,14)15/h5,7,9-10,16-17H,6H2,1-4H3/b8-5+. The van der Waals surface area contributed by atoms with Gasteiger partial charge in [0.2, 0.25) is 0 Å². The number of aliphatic hydroxyl groups excluding tert-OH is 1. The van der Waals surface area contributed by atoms with Crippen LogP contribution in [-0.2, 0) is 9.53 Å². The Balaban J connectivity index is 4.65. The van der Waals surface area contributed by atoms with Crippen molar-refractivity contribution < 1.29 is 27.8 Å². The lowest BCUT2D eigenvalue weighted by Crippen LogP contribution is -2.42. The van der Waals surface area contributed by atoms with Gasteiger partial charge < -0.3 is 9.84 Å². The second kappa shape index (κ2) is 7.49. The Morgan fingerprint density at radius 1 is 1.42 bits per heavy atom. The third-order valence-corrected chi connectivity index (χ3v) is 2.66. The molecule has 0 aliphatic rings. The molecule has 112 valence electrons. The first-order chi connectivity index (χ1) is 8.57. The molecule has 2 atom stereocenters. The first kappa shape index (κ1) is 17.9. The molecule has 2 N–H and O–H groups in total. The summed E-state index contributed by atoms with van der Waals surface area (Å²) in [4.78, 5) is 11.2. The van der Waals surface area contributed by atoms with Crippen molar-refractivity contribution in [1.29, 1.82) is 0 Å². The Labute approximate surface area is 110 Å². The van der Waals surface area contributed by atoms with Crippen molar-refractivity contribution in [3.05, 3.63) is 11.6 Å². The van der Waals surface area contributed by atoms with Crippen LogP contribution in [0.2, 0.25) is 0 Å². The molecule has 0 aromatic heterocycles. The molecular weight excluding hydrogens is 263 g/mol. The molecule has 0 rings (SSSR count). The highest BCUT2D eigenvalue weighted by Crippen LogP contribution is 2.25. The zero-order valence-electron chi connectivity index (χ0n) is 11.4. The second-order valence-electron chi connectivity index (χ2n) is 4.59. The van der Waals surface area contributed by atoms with Gasteiger partial charge in [-0.15, -0.1) is 0 Å². The molecular formula is C12H20F3NO3. The van der Waals surface area contributed by atoms with Gasteiger partial charge in [-0.2, -0.15) is 13.2 Å². The number of ether oxygens (including phenoxy) is 1. The third kappa shape index (κ3) is 7.17. The minimum absolute atomic E-state index is 0.0237. The molecule has 0 amide bonds. The number of hydrogen-bond acceptors (Lipinski definition) is 4. The van der Waals surface area contributed by atoms with Gasteiger partial charge in [0.1, 0.15) is 6.23 Å². The van der Waals surface area contributed by atoms with E-state index >= 15 is 0 Å². The maximum absolute atomic E-state index is 12.3. The van der Waals surface area contributed by atoms with Crippen LogP contribution in [-0.4, -0.2) is 36.6 Å². The molecule has 0 bridgehead atoms. The number of rotatable bonds is 6. The van der Waals surface area contributed by atoms with Crippen LogP contribution in [0, 0.1) is 5.92 Å². The van der Waals surface area contributed by atoms with E-state index in [-0.39, 0.29) is 12.3 Å². The highest BCUT2D eigenvalue weighted by atomic mass is 19.4. The number of methoxy groups -OCH3 is 1. The molecule has 0 aliphatic carbocycles. The molecule has 0 saturated heterocycles. The van der Waals surface area contributed by atoms with E-state index in [4.69, 9.17) is 0 Å². The van der Waals surface area contributed by atoms with E-state index in [1.165, 1.54) is 7.11 Å². The van der Waals surface area contributed by atoms with Gasteiger partial charge in [-0.3, -0.25) is 10.1 Å². The van der Waals surface area contributed by atoms with E-state index in [0.29, 0.717) is 6.08 Å². The first-order valence-corrected chi connectivity index (χ1v) is 5.84. The molecule has 0 aromatic rings. The number of esters is 1. The molecule has 2 unspecified atom stereocenters. The average molecular weight is 283 g/mol. The number of alkyl halides is 3. The van der Waals surface area contributed by atoms with Crippen molar-refractivity contribution >= 4 is 5.97 Å². The molecule has 0 aromatic carbocycles. The Hall–Kier alpha value is -1.08. The topological polar surface area (TPSA) is 58.6 Å². The fourth-order valence-corrected chi connectivity index (χ4v) is 1.35. The summed E-state index contributed by atoms with van der Waals surface area (Å²) in [5.74, 6) is -0.539. The summed E-state index contributed by atoms with van der Waals surface area (Å²) < 4.78 is 41.4. The smallest absolute Gasteiger partial charge is 0.412 e. The van der Waals surface area contributed by atoms with Crippen molar-refractivity contribution in [3.63, 3.8) is 0 Å². The number of aliphatic hydroxyl groups is 1. The maximum atomic E-state index is 12.3. The first-order valence-electron chi connectivity index (χ1n) is 5.84. The van der Waals surface area contributed by atoms with Crippen LogP contribution < -0.4 is 5.32 Å². The SMILES string of the molecule is COC(=O)CC(NC(O)/C=C(\C)C(F)(F)F)C(C)C. The predicted molar refractivity (Wildman–Crippen MR) is 64.2 cm³/mol. The largest absolute Gasteiger partial charge is 0.469 e. The summed E-state index contributed by atoms with van der Waals surface area (Å²) in [6.45, 7) is 4.44. The summed E-state index contributed by atoms with van der Waals surface area (Å²) in [6.07, 6.45) is -5.30. The van der Waals surface area contributed by atoms with Crippen molar-refractivity contribution in [2.75, 3.05) is 7.11 Å². The Morgan fingerprint density at radius 2 is 1.95 bits per heavy atom. The van der Waals surface area contributed by atoms with Crippen LogP contribution in [0.1, 0.15) is 27.2 Å². The van der Waals surface area contributed by atoms with Crippen LogP contribution in [0.15, 0.2) is 11.6 Å². The molecule has 4 nitrogen and oxygen atoms in total. The van der Waals surface area contributed by atoms with Crippen molar-refractivity contribution in [1.82, 2.24) is 5.32 Å². The number of allylic oxidation sites excluding steroid dienone is 1. The molecule has 19 heavy (non-hydrogen) atoms. The van der Waals surface area contributed by atoms with Gasteiger partial charge in [-0.05, 0) is 18.9 Å². The lowest BCUT2D eigenvalue weighted by Gasteiger charge is -2.24. The van der Waals surface area contributed by atoms with Crippen LogP contribution in [0.5, 0.6) is 0 Å². The number of hydrogen-bond donors (Lipinski definition) is 2. The monoisotopic (exact) mass is 283 g/mol. The quantitative estimate of drug-likeness (QED) is 0.444. The van der Waals surface area contributed by atoms with Gasteiger partial charge in [0.05, 0.1) is 13.5 Å². The molecule has 7 heteroatoms. The van der Waals surface area contributed by atoms with E-state index in [9.17, 15) is 23.1 Å². The Bertz CT molecular complexity index is 327. The van der Waals surface area contributed by atoms with Crippen LogP contribution in [0.3, 0.4) is 0 Å². The zero-order chi connectivity index (χ0) is 15.2. The van der Waals surface area contributed by atoms with E-state index in [1.54, 1.807) is 13.8 Å². The van der Waals surface area contributed by atoms with Gasteiger partial charge in [0.25, 0.3) is 0 Å². The van der Waals surface area contributed by atoms with Crippen LogP contribution in [0.4, 0.5) is 13.2 Å². The third-order valence-electron chi connectivity index (χ3n) is 2.66. The van der Waals surface area contributed by atoms with Crippen molar-refractivity contribution in [2.45, 2.75) is 45.6 Å². The van der Waals surface area contributed by atoms with E-state index in [2.05, 4.69) is 10.1 Å². The summed E-state index contributed by atoms with van der Waals surface area (Å²) in [7, 11) is 1.23. The summed E-state index contributed by atoms with van der Waals surface area (Å²) in [5.41, 5.74) is -0.895. The molecule has 0 aliphatic heterocycles. The fourth-order valence-electron chi connectivity index (χ4n) is 1.35. The fraction of sp³-hybridized carbons (Fsp3) is 0.750. The van der Waals surface area contributed by atoms with Crippen molar-refractivity contribution in [3.8, 4) is 0 Å². The van der Waals surface area contributed by atoms with Gasteiger partial charge in [-0.25, -0.2) is 0 Å². The highest BCUT2D eigenvalue weighted by Gasteiger charge is 2.31. The van der Waals surface area contributed by atoms with Gasteiger partial charge in [-0.1, -0.05) is 13.8 Å². The normalized spacial score (nSPS) is 16.4. The maximum Gasteiger partial charge on any atom is 0.412 e. The minimum atomic E-state index is -4.47. The number of carbonyl (C=O) groups excluding carboxylic acids is 1. The van der Waals surface area contributed by atoms with Gasteiger partial charge in [0, 0.05) is 11.6 Å². The molecule has 0 spiro atoms. The predicted octanol–water partition coefficient (Wildman–Crippen LogP) is 1.99. The minimum Gasteiger partial charge on any atom is -0.469 e. The van der Waals surface area contributed by atoms with E-state index in [1.807, 2.05) is 0 Å². The number of carbonyl (C=O) groups is 1. The lowest BCUT2D eigenvalue weighted by atomic mass is 10.0. The average Bonchev–Trinajstić information content (AvgIpc) is 2.26. The zero-order valence-corrected chi connectivity index (χ0v) is 11.4. The molecule has 0 saturated carbocycles. The summed E-state index contributed by atoms with van der Waals surface area (Å²) >= 11 is 0. The summed E-state index contributed by atoms with van der Waals surface area (Å²) in [6, 6.07) is -0.472. The molecule has 0 heterocycles. The van der Waals surface area contributed by atoms with Gasteiger partial charge in [0.15, 0.2) is 0 Å². The Morgan fingerprint density at radius 3 is 2.32 bits per heavy atom. The molecule has 0 fully saturated rings. The highest BCUT2D eigenvalue weighted by molar-refractivity contribution is 5.69. The van der Waals surface area contributed by atoms with E-state index in [0.717, 1.165) is 6.92 Å². The van der Waals surface area contributed by atoms with E-state index < -0.39 is 30.0 Å². The Kier molecular flexibility index (Phi) is 7.07.